The van der Waals surface area contributed by atoms with E-state index < -0.39 is 0 Å². The quantitative estimate of drug-likeness (QED) is 0.626. The highest BCUT2D eigenvalue weighted by atomic mass is 32.1. The second kappa shape index (κ2) is 4.26. The maximum atomic E-state index is 8.77. The molecule has 0 amide bonds. The number of rotatable bonds is 2. The summed E-state index contributed by atoms with van der Waals surface area (Å²) in [4.78, 5) is 4.54. The molecule has 1 aliphatic heterocycles. The van der Waals surface area contributed by atoms with Crippen molar-refractivity contribution >= 4 is 22.9 Å². The third-order valence-corrected chi connectivity index (χ3v) is 2.10. The standard InChI is InChI=1S/C9H10N2OS/c1-6-3-7(5-12-2)11-9(13)8(6)4-10/h3,8H,5H2,1-2H3. The normalized spacial score (nSPS) is 21.9. The molecule has 0 N–H and O–H groups in total. The Kier molecular flexibility index (Phi) is 3.29. The molecular weight excluding hydrogens is 184 g/mol. The lowest BCUT2D eigenvalue weighted by atomic mass is 9.98. The van der Waals surface area contributed by atoms with Crippen molar-refractivity contribution in [1.29, 1.82) is 5.26 Å². The molecule has 13 heavy (non-hydrogen) atoms. The number of aliphatic imine (C=N–C) groups is 1. The predicted octanol–water partition coefficient (Wildman–Crippen LogP) is 1.50. The van der Waals surface area contributed by atoms with Crippen molar-refractivity contribution in [3.05, 3.63) is 11.6 Å². The summed E-state index contributed by atoms with van der Waals surface area (Å²) in [5, 5.41) is 8.77. The van der Waals surface area contributed by atoms with E-state index in [1.165, 1.54) is 0 Å². The smallest absolute Gasteiger partial charge is 0.125 e. The zero-order valence-electron chi connectivity index (χ0n) is 7.57. The summed E-state index contributed by atoms with van der Waals surface area (Å²) in [6.07, 6.45) is 1.85. The number of ether oxygens (including phenoxy) is 1. The number of nitriles is 1. The molecule has 0 aromatic rings. The van der Waals surface area contributed by atoms with Crippen molar-refractivity contribution in [1.82, 2.24) is 0 Å². The van der Waals surface area contributed by atoms with Gasteiger partial charge >= 0.3 is 0 Å². The molecule has 4 heteroatoms. The summed E-state index contributed by atoms with van der Waals surface area (Å²) in [7, 11) is 1.60. The second-order valence-corrected chi connectivity index (χ2v) is 3.24. The van der Waals surface area contributed by atoms with Crippen LogP contribution in [-0.2, 0) is 4.74 Å². The van der Waals surface area contributed by atoms with E-state index in [0.29, 0.717) is 11.6 Å². The second-order valence-electron chi connectivity index (χ2n) is 2.82. The third-order valence-electron chi connectivity index (χ3n) is 1.77. The Hall–Kier alpha value is -1.05. The van der Waals surface area contributed by atoms with Crippen LogP contribution < -0.4 is 0 Å². The van der Waals surface area contributed by atoms with Crippen LogP contribution in [0.3, 0.4) is 0 Å². The maximum Gasteiger partial charge on any atom is 0.125 e. The van der Waals surface area contributed by atoms with Crippen LogP contribution in [0.1, 0.15) is 6.92 Å². The molecular formula is C9H10N2OS. The topological polar surface area (TPSA) is 45.4 Å². The van der Waals surface area contributed by atoms with Crippen molar-refractivity contribution < 1.29 is 4.74 Å². The van der Waals surface area contributed by atoms with Crippen molar-refractivity contribution in [2.75, 3.05) is 13.7 Å². The Morgan fingerprint density at radius 3 is 2.92 bits per heavy atom. The molecule has 0 saturated heterocycles. The summed E-state index contributed by atoms with van der Waals surface area (Å²) in [6.45, 7) is 2.32. The average molecular weight is 194 g/mol. The molecule has 0 bridgehead atoms. The number of hydrogen-bond acceptors (Lipinski definition) is 3. The van der Waals surface area contributed by atoms with Crippen LogP contribution in [0.25, 0.3) is 0 Å². The van der Waals surface area contributed by atoms with Crippen LogP contribution in [0, 0.1) is 17.2 Å². The molecule has 68 valence electrons. The summed E-state index contributed by atoms with van der Waals surface area (Å²) >= 11 is 4.99. The highest BCUT2D eigenvalue weighted by molar-refractivity contribution is 7.80. The van der Waals surface area contributed by atoms with Gasteiger partial charge in [-0.15, -0.1) is 0 Å². The van der Waals surface area contributed by atoms with E-state index in [2.05, 4.69) is 11.1 Å². The first-order valence-electron chi connectivity index (χ1n) is 3.87. The minimum Gasteiger partial charge on any atom is -0.378 e. The predicted molar refractivity (Wildman–Crippen MR) is 54.8 cm³/mol. The summed E-state index contributed by atoms with van der Waals surface area (Å²) in [5.41, 5.74) is 1.73. The van der Waals surface area contributed by atoms with Crippen LogP contribution >= 0.6 is 12.2 Å². The summed E-state index contributed by atoms with van der Waals surface area (Å²) in [5.74, 6) is -0.337. The van der Waals surface area contributed by atoms with Gasteiger partial charge < -0.3 is 4.74 Å². The Balaban J connectivity index is 2.88. The molecule has 0 aliphatic carbocycles. The number of nitrogens with zero attached hydrogens (tertiary/aromatic N) is 2. The lowest BCUT2D eigenvalue weighted by Crippen LogP contribution is -2.19. The molecule has 1 rings (SSSR count). The van der Waals surface area contributed by atoms with Crippen LogP contribution in [0.5, 0.6) is 0 Å². The Morgan fingerprint density at radius 2 is 2.46 bits per heavy atom. The molecule has 1 unspecified atom stereocenters. The first-order chi connectivity index (χ1) is 6.19. The third kappa shape index (κ3) is 2.20. The highest BCUT2D eigenvalue weighted by Crippen LogP contribution is 2.17. The van der Waals surface area contributed by atoms with Crippen molar-refractivity contribution in [3.63, 3.8) is 0 Å². The van der Waals surface area contributed by atoms with Crippen molar-refractivity contribution in [2.24, 2.45) is 10.9 Å². The van der Waals surface area contributed by atoms with Crippen LogP contribution in [0.4, 0.5) is 0 Å². The fraction of sp³-hybridized carbons (Fsp3) is 0.444. The van der Waals surface area contributed by atoms with Gasteiger partial charge in [0.15, 0.2) is 0 Å². The van der Waals surface area contributed by atoms with Gasteiger partial charge in [-0.2, -0.15) is 5.26 Å². The lowest BCUT2D eigenvalue weighted by Gasteiger charge is -2.14. The van der Waals surface area contributed by atoms with Gasteiger partial charge in [0.2, 0.25) is 0 Å². The molecule has 0 aromatic carbocycles. The van der Waals surface area contributed by atoms with Gasteiger partial charge in [0.05, 0.1) is 18.4 Å². The average Bonchev–Trinajstić information content (AvgIpc) is 2.04. The SMILES string of the molecule is COCC1=NC(=S)C(C#N)C(C)=C1. The number of methoxy groups -OCH3 is 1. The molecule has 0 spiro atoms. The fourth-order valence-electron chi connectivity index (χ4n) is 1.16. The Labute approximate surface area is 82.7 Å². The number of thiocarbonyl (C=S) groups is 1. The first-order valence-corrected chi connectivity index (χ1v) is 4.28. The van der Waals surface area contributed by atoms with Gasteiger partial charge in [-0.1, -0.05) is 12.2 Å². The van der Waals surface area contributed by atoms with Crippen molar-refractivity contribution in [2.45, 2.75) is 6.92 Å². The van der Waals surface area contributed by atoms with Crippen molar-refractivity contribution in [3.8, 4) is 6.07 Å². The van der Waals surface area contributed by atoms with Crippen LogP contribution in [0.15, 0.2) is 16.6 Å². The summed E-state index contributed by atoms with van der Waals surface area (Å²) < 4.78 is 4.93. The van der Waals surface area contributed by atoms with Gasteiger partial charge in [0.25, 0.3) is 0 Å². The van der Waals surface area contributed by atoms with Crippen LogP contribution in [0.2, 0.25) is 0 Å². The van der Waals surface area contributed by atoms with E-state index >= 15 is 0 Å². The minimum atomic E-state index is -0.337. The van der Waals surface area contributed by atoms with Gasteiger partial charge in [-0.25, -0.2) is 4.99 Å². The maximum absolute atomic E-state index is 8.77. The molecule has 0 saturated carbocycles. The van der Waals surface area contributed by atoms with E-state index in [1.807, 2.05) is 13.0 Å². The van der Waals surface area contributed by atoms with E-state index in [9.17, 15) is 0 Å². The van der Waals surface area contributed by atoms with Gasteiger partial charge in [-0.05, 0) is 18.6 Å². The first kappa shape index (κ1) is 10.0. The van der Waals surface area contributed by atoms with E-state index in [4.69, 9.17) is 22.2 Å². The Bertz CT molecular complexity index is 325. The lowest BCUT2D eigenvalue weighted by molar-refractivity contribution is 0.246. The Morgan fingerprint density at radius 1 is 1.77 bits per heavy atom. The van der Waals surface area contributed by atoms with Gasteiger partial charge in [-0.3, -0.25) is 0 Å². The van der Waals surface area contributed by atoms with Gasteiger partial charge in [0.1, 0.15) is 10.9 Å². The molecule has 1 heterocycles. The largest absolute Gasteiger partial charge is 0.378 e. The minimum absolute atomic E-state index is 0.337. The van der Waals surface area contributed by atoms with E-state index in [1.54, 1.807) is 7.11 Å². The molecule has 0 fully saturated rings. The zero-order chi connectivity index (χ0) is 9.84. The van der Waals surface area contributed by atoms with Crippen LogP contribution in [-0.4, -0.2) is 24.4 Å². The molecule has 1 aliphatic rings. The molecule has 0 aromatic heterocycles. The number of hydrogen-bond donors (Lipinski definition) is 0. The molecule has 1 atom stereocenters. The zero-order valence-corrected chi connectivity index (χ0v) is 8.39. The van der Waals surface area contributed by atoms with Gasteiger partial charge in [0, 0.05) is 7.11 Å². The van der Waals surface area contributed by atoms with E-state index in [-0.39, 0.29) is 5.92 Å². The summed E-state index contributed by atoms with van der Waals surface area (Å²) in [6, 6.07) is 2.11. The molecule has 3 nitrogen and oxygen atoms in total. The van der Waals surface area contributed by atoms with E-state index in [0.717, 1.165) is 11.3 Å². The molecule has 0 radical (unpaired) electrons. The monoisotopic (exact) mass is 194 g/mol. The fourth-order valence-corrected chi connectivity index (χ4v) is 1.51. The highest BCUT2D eigenvalue weighted by Gasteiger charge is 2.20. The number of dihydropyridines is 1.